The van der Waals surface area contributed by atoms with Crippen LogP contribution in [0.3, 0.4) is 0 Å². The summed E-state index contributed by atoms with van der Waals surface area (Å²) in [6.45, 7) is 2.19. The zero-order valence-electron chi connectivity index (χ0n) is 18.2. The number of hydrazone groups is 1. The van der Waals surface area contributed by atoms with Crippen molar-refractivity contribution >= 4 is 17.5 Å². The van der Waals surface area contributed by atoms with Crippen molar-refractivity contribution < 1.29 is 23.8 Å². The highest BCUT2D eigenvalue weighted by Crippen LogP contribution is 2.39. The lowest BCUT2D eigenvalue weighted by molar-refractivity contribution is -0.132. The molecule has 8 heteroatoms. The molecule has 2 aromatic carbocycles. The van der Waals surface area contributed by atoms with Gasteiger partial charge in [0, 0.05) is 12.8 Å². The summed E-state index contributed by atoms with van der Waals surface area (Å²) in [4.78, 5) is 25.1. The molecule has 164 valence electrons. The van der Waals surface area contributed by atoms with Crippen molar-refractivity contribution in [2.24, 2.45) is 5.10 Å². The van der Waals surface area contributed by atoms with Crippen molar-refractivity contribution in [1.82, 2.24) is 10.3 Å². The van der Waals surface area contributed by atoms with Gasteiger partial charge in [-0.1, -0.05) is 30.3 Å². The van der Waals surface area contributed by atoms with Crippen LogP contribution < -0.4 is 19.5 Å². The van der Waals surface area contributed by atoms with E-state index in [1.165, 1.54) is 12.1 Å². The van der Waals surface area contributed by atoms with E-state index >= 15 is 0 Å². The third-order valence-electron chi connectivity index (χ3n) is 5.08. The molecule has 2 amide bonds. The zero-order chi connectivity index (χ0) is 22.4. The lowest BCUT2D eigenvalue weighted by atomic mass is 10.1. The predicted molar refractivity (Wildman–Crippen MR) is 116 cm³/mol. The molecule has 2 aromatic rings. The van der Waals surface area contributed by atoms with Gasteiger partial charge in [-0.05, 0) is 30.2 Å². The van der Waals surface area contributed by atoms with E-state index in [-0.39, 0.29) is 24.3 Å². The molecule has 3 rings (SSSR count). The summed E-state index contributed by atoms with van der Waals surface area (Å²) in [6.07, 6.45) is 0.551. The van der Waals surface area contributed by atoms with Gasteiger partial charge in [0.25, 0.3) is 5.91 Å². The molecule has 0 radical (unpaired) electrons. The van der Waals surface area contributed by atoms with Gasteiger partial charge in [0.2, 0.25) is 11.7 Å². The summed E-state index contributed by atoms with van der Waals surface area (Å²) >= 11 is 0. The molecule has 1 N–H and O–H groups in total. The van der Waals surface area contributed by atoms with Gasteiger partial charge in [-0.2, -0.15) is 5.10 Å². The SMILES string of the molecule is COc1cc(C(C)NC(=O)C2=NN(Cc3ccccc3)C(=O)CC2)cc(OC)c1OC. The molecule has 1 aliphatic rings. The van der Waals surface area contributed by atoms with Gasteiger partial charge in [-0.3, -0.25) is 9.59 Å². The number of carbonyl (C=O) groups is 2. The number of nitrogens with one attached hydrogen (secondary N) is 1. The molecule has 1 aliphatic heterocycles. The van der Waals surface area contributed by atoms with Crippen LogP contribution in [-0.4, -0.2) is 43.9 Å². The van der Waals surface area contributed by atoms with Crippen LogP contribution in [0.5, 0.6) is 17.2 Å². The van der Waals surface area contributed by atoms with Gasteiger partial charge < -0.3 is 19.5 Å². The molecule has 0 aliphatic carbocycles. The lowest BCUT2D eigenvalue weighted by Crippen LogP contribution is -2.39. The van der Waals surface area contributed by atoms with Crippen molar-refractivity contribution in [2.45, 2.75) is 32.4 Å². The highest BCUT2D eigenvalue weighted by atomic mass is 16.5. The largest absolute Gasteiger partial charge is 0.493 e. The Morgan fingerprint density at radius 1 is 1.06 bits per heavy atom. The molecule has 31 heavy (non-hydrogen) atoms. The molecule has 0 fully saturated rings. The standard InChI is InChI=1S/C23H27N3O5/c1-15(17-12-19(29-2)22(31-4)20(13-17)30-3)24-23(28)18-10-11-21(27)26(25-18)14-16-8-6-5-7-9-16/h5-9,12-13,15H,10-11,14H2,1-4H3,(H,24,28). The number of amides is 2. The number of carbonyl (C=O) groups excluding carboxylic acids is 2. The van der Waals surface area contributed by atoms with E-state index in [4.69, 9.17) is 14.2 Å². The monoisotopic (exact) mass is 425 g/mol. The summed E-state index contributed by atoms with van der Waals surface area (Å²) in [5, 5.41) is 8.62. The molecule has 8 nitrogen and oxygen atoms in total. The van der Waals surface area contributed by atoms with E-state index < -0.39 is 0 Å². The normalized spacial score (nSPS) is 14.5. The quantitative estimate of drug-likeness (QED) is 0.702. The summed E-state index contributed by atoms with van der Waals surface area (Å²) in [5.74, 6) is 1.09. The fourth-order valence-corrected chi connectivity index (χ4v) is 3.36. The smallest absolute Gasteiger partial charge is 0.267 e. The average Bonchev–Trinajstić information content (AvgIpc) is 2.79. The Hall–Kier alpha value is -3.55. The van der Waals surface area contributed by atoms with Gasteiger partial charge in [0.05, 0.1) is 33.9 Å². The molecule has 1 heterocycles. The first-order valence-electron chi connectivity index (χ1n) is 9.99. The van der Waals surface area contributed by atoms with Gasteiger partial charge in [-0.25, -0.2) is 5.01 Å². The molecule has 0 aromatic heterocycles. The number of ether oxygens (including phenoxy) is 3. The van der Waals surface area contributed by atoms with E-state index in [0.29, 0.717) is 35.9 Å². The first-order valence-corrected chi connectivity index (χ1v) is 9.99. The minimum Gasteiger partial charge on any atom is -0.493 e. The summed E-state index contributed by atoms with van der Waals surface area (Å²) in [7, 11) is 4.62. The summed E-state index contributed by atoms with van der Waals surface area (Å²) < 4.78 is 16.1. The van der Waals surface area contributed by atoms with E-state index in [2.05, 4.69) is 10.4 Å². The van der Waals surface area contributed by atoms with E-state index in [1.807, 2.05) is 37.3 Å². The van der Waals surface area contributed by atoms with Crippen LogP contribution in [0.2, 0.25) is 0 Å². The second-order valence-electron chi connectivity index (χ2n) is 7.14. The van der Waals surface area contributed by atoms with Crippen LogP contribution in [0, 0.1) is 0 Å². The first kappa shape index (κ1) is 22.1. The fourth-order valence-electron chi connectivity index (χ4n) is 3.36. The summed E-state index contributed by atoms with van der Waals surface area (Å²) in [5.41, 5.74) is 2.07. The highest BCUT2D eigenvalue weighted by molar-refractivity contribution is 6.39. The Morgan fingerprint density at radius 3 is 2.29 bits per heavy atom. The molecular formula is C23H27N3O5. The maximum Gasteiger partial charge on any atom is 0.267 e. The number of methoxy groups -OCH3 is 3. The number of hydrogen-bond donors (Lipinski definition) is 1. The highest BCUT2D eigenvalue weighted by Gasteiger charge is 2.26. The minimum atomic E-state index is -0.343. The van der Waals surface area contributed by atoms with Crippen molar-refractivity contribution in [3.05, 3.63) is 53.6 Å². The maximum absolute atomic E-state index is 12.9. The lowest BCUT2D eigenvalue weighted by Gasteiger charge is -2.24. The Kier molecular flexibility index (Phi) is 7.12. The van der Waals surface area contributed by atoms with Gasteiger partial charge in [0.1, 0.15) is 5.71 Å². The topological polar surface area (TPSA) is 89.5 Å². The molecule has 0 saturated heterocycles. The zero-order valence-corrected chi connectivity index (χ0v) is 18.2. The van der Waals surface area contributed by atoms with E-state index in [0.717, 1.165) is 11.1 Å². The van der Waals surface area contributed by atoms with Crippen molar-refractivity contribution in [3.8, 4) is 17.2 Å². The molecule has 0 bridgehead atoms. The number of hydrogen-bond acceptors (Lipinski definition) is 6. The number of nitrogens with zero attached hydrogens (tertiary/aromatic N) is 2. The third-order valence-corrected chi connectivity index (χ3v) is 5.08. The van der Waals surface area contributed by atoms with E-state index in [1.54, 1.807) is 26.4 Å². The second kappa shape index (κ2) is 9.97. The molecule has 0 saturated carbocycles. The summed E-state index contributed by atoms with van der Waals surface area (Å²) in [6, 6.07) is 12.8. The van der Waals surface area contributed by atoms with Crippen LogP contribution in [0.15, 0.2) is 47.6 Å². The number of rotatable bonds is 8. The van der Waals surface area contributed by atoms with Gasteiger partial charge >= 0.3 is 0 Å². The van der Waals surface area contributed by atoms with Crippen LogP contribution in [0.1, 0.15) is 36.9 Å². The minimum absolute atomic E-state index is 0.0990. The third kappa shape index (κ3) is 5.14. The van der Waals surface area contributed by atoms with Crippen molar-refractivity contribution in [1.29, 1.82) is 0 Å². The molecule has 1 unspecified atom stereocenters. The molecule has 1 atom stereocenters. The second-order valence-corrected chi connectivity index (χ2v) is 7.14. The molecular weight excluding hydrogens is 398 g/mol. The Bertz CT molecular complexity index is 949. The Labute approximate surface area is 181 Å². The van der Waals surface area contributed by atoms with Gasteiger partial charge in [0.15, 0.2) is 11.5 Å². The molecule has 0 spiro atoms. The number of benzene rings is 2. The van der Waals surface area contributed by atoms with Crippen molar-refractivity contribution in [3.63, 3.8) is 0 Å². The maximum atomic E-state index is 12.9. The van der Waals surface area contributed by atoms with Crippen molar-refractivity contribution in [2.75, 3.05) is 21.3 Å². The van der Waals surface area contributed by atoms with E-state index in [9.17, 15) is 9.59 Å². The fraction of sp³-hybridized carbons (Fsp3) is 0.348. The van der Waals surface area contributed by atoms with Crippen LogP contribution >= 0.6 is 0 Å². The Balaban J connectivity index is 1.76. The van der Waals surface area contributed by atoms with Crippen LogP contribution in [0.4, 0.5) is 0 Å². The van der Waals surface area contributed by atoms with Crippen LogP contribution in [0.25, 0.3) is 0 Å². The van der Waals surface area contributed by atoms with Gasteiger partial charge in [-0.15, -0.1) is 0 Å². The van der Waals surface area contributed by atoms with Crippen LogP contribution in [-0.2, 0) is 16.1 Å². The predicted octanol–water partition coefficient (Wildman–Crippen LogP) is 3.07. The first-order chi connectivity index (χ1) is 15.0. The Morgan fingerprint density at radius 2 is 1.71 bits per heavy atom. The average molecular weight is 425 g/mol.